The SMILES string of the molecule is CC(C)C(C(=O)N1CCCC(N2CCNCC2=O)C1)c1ccccc1.Cl. The summed E-state index contributed by atoms with van der Waals surface area (Å²) in [5.74, 6) is 0.497. The highest BCUT2D eigenvalue weighted by Crippen LogP contribution is 2.28. The number of nitrogens with zero attached hydrogens (tertiary/aromatic N) is 2. The van der Waals surface area contributed by atoms with E-state index in [4.69, 9.17) is 0 Å². The number of halogens is 1. The zero-order valence-electron chi connectivity index (χ0n) is 15.7. The Morgan fingerprint density at radius 3 is 2.58 bits per heavy atom. The second-order valence-corrected chi connectivity index (χ2v) is 7.48. The number of hydrogen-bond acceptors (Lipinski definition) is 3. The van der Waals surface area contributed by atoms with Gasteiger partial charge in [0.25, 0.3) is 0 Å². The van der Waals surface area contributed by atoms with Crippen molar-refractivity contribution in [1.82, 2.24) is 15.1 Å². The van der Waals surface area contributed by atoms with Crippen molar-refractivity contribution in [2.75, 3.05) is 32.7 Å². The van der Waals surface area contributed by atoms with Gasteiger partial charge in [-0.15, -0.1) is 12.4 Å². The molecule has 6 heteroatoms. The molecule has 2 atom stereocenters. The van der Waals surface area contributed by atoms with Gasteiger partial charge in [-0.1, -0.05) is 44.2 Å². The highest BCUT2D eigenvalue weighted by atomic mass is 35.5. The molecule has 1 aromatic rings. The topological polar surface area (TPSA) is 52.7 Å². The van der Waals surface area contributed by atoms with E-state index in [2.05, 4.69) is 19.2 Å². The van der Waals surface area contributed by atoms with Gasteiger partial charge in [0.2, 0.25) is 11.8 Å². The second-order valence-electron chi connectivity index (χ2n) is 7.48. The zero-order chi connectivity index (χ0) is 17.8. The molecule has 2 unspecified atom stereocenters. The van der Waals surface area contributed by atoms with Crippen molar-refractivity contribution in [3.05, 3.63) is 35.9 Å². The van der Waals surface area contributed by atoms with E-state index < -0.39 is 0 Å². The van der Waals surface area contributed by atoms with Crippen LogP contribution in [0.2, 0.25) is 0 Å². The molecule has 2 heterocycles. The van der Waals surface area contributed by atoms with E-state index in [-0.39, 0.29) is 42.1 Å². The number of nitrogens with one attached hydrogen (secondary N) is 1. The Morgan fingerprint density at radius 1 is 1.19 bits per heavy atom. The quantitative estimate of drug-likeness (QED) is 0.873. The lowest BCUT2D eigenvalue weighted by Gasteiger charge is -2.42. The molecule has 1 aromatic carbocycles. The maximum atomic E-state index is 13.3. The fourth-order valence-electron chi connectivity index (χ4n) is 4.09. The first-order chi connectivity index (χ1) is 12.1. The van der Waals surface area contributed by atoms with Crippen molar-refractivity contribution in [1.29, 1.82) is 0 Å². The first-order valence-electron chi connectivity index (χ1n) is 9.42. The van der Waals surface area contributed by atoms with Crippen molar-refractivity contribution < 1.29 is 9.59 Å². The Bertz CT molecular complexity index is 608. The third kappa shape index (κ3) is 4.57. The number of piperidine rings is 1. The molecule has 2 saturated heterocycles. The zero-order valence-corrected chi connectivity index (χ0v) is 16.5. The normalized spacial score (nSPS) is 22.1. The van der Waals surface area contributed by atoms with Gasteiger partial charge in [-0.2, -0.15) is 0 Å². The van der Waals surface area contributed by atoms with E-state index in [1.165, 1.54) is 0 Å². The van der Waals surface area contributed by atoms with E-state index in [0.717, 1.165) is 38.0 Å². The highest BCUT2D eigenvalue weighted by Gasteiger charge is 2.35. The minimum atomic E-state index is -0.112. The van der Waals surface area contributed by atoms with Crippen LogP contribution in [0.3, 0.4) is 0 Å². The minimum absolute atomic E-state index is 0. The Balaban J connectivity index is 0.00000243. The molecule has 2 aliphatic heterocycles. The maximum absolute atomic E-state index is 13.3. The predicted molar refractivity (Wildman–Crippen MR) is 105 cm³/mol. The van der Waals surface area contributed by atoms with E-state index >= 15 is 0 Å². The summed E-state index contributed by atoms with van der Waals surface area (Å²) < 4.78 is 0. The second kappa shape index (κ2) is 9.38. The molecular formula is C20H30ClN3O2. The number of carbonyl (C=O) groups is 2. The van der Waals surface area contributed by atoms with Crippen LogP contribution in [0, 0.1) is 5.92 Å². The molecule has 26 heavy (non-hydrogen) atoms. The number of amides is 2. The van der Waals surface area contributed by atoms with Crippen LogP contribution in [-0.4, -0.2) is 60.4 Å². The molecule has 144 valence electrons. The molecule has 2 fully saturated rings. The van der Waals surface area contributed by atoms with Gasteiger partial charge in [0.05, 0.1) is 12.5 Å². The standard InChI is InChI=1S/C20H29N3O2.ClH/c1-15(2)19(16-7-4-3-5-8-16)20(25)22-11-6-9-17(14-22)23-12-10-21-13-18(23)24;/h3-5,7-8,15,17,19,21H,6,9-14H2,1-2H3;1H. The third-order valence-electron chi connectivity index (χ3n) is 5.37. The van der Waals surface area contributed by atoms with Crippen molar-refractivity contribution in [3.8, 4) is 0 Å². The van der Waals surface area contributed by atoms with Crippen molar-refractivity contribution in [2.24, 2.45) is 5.92 Å². The number of carbonyl (C=O) groups excluding carboxylic acids is 2. The lowest BCUT2D eigenvalue weighted by molar-refractivity contribution is -0.141. The Hall–Kier alpha value is -1.59. The molecule has 2 aliphatic rings. The molecule has 5 nitrogen and oxygen atoms in total. The lowest BCUT2D eigenvalue weighted by Crippen LogP contribution is -2.58. The van der Waals surface area contributed by atoms with E-state index in [0.29, 0.717) is 13.1 Å². The number of piperazine rings is 1. The Morgan fingerprint density at radius 2 is 1.92 bits per heavy atom. The maximum Gasteiger partial charge on any atom is 0.236 e. The van der Waals surface area contributed by atoms with Crippen LogP contribution in [0.15, 0.2) is 30.3 Å². The van der Waals surface area contributed by atoms with Crippen LogP contribution in [0.4, 0.5) is 0 Å². The van der Waals surface area contributed by atoms with Crippen molar-refractivity contribution >= 4 is 24.2 Å². The van der Waals surface area contributed by atoms with Gasteiger partial charge in [-0.25, -0.2) is 0 Å². The predicted octanol–water partition coefficient (Wildman–Crippen LogP) is 2.27. The summed E-state index contributed by atoms with van der Waals surface area (Å²) in [6.07, 6.45) is 1.96. The van der Waals surface area contributed by atoms with Gasteiger partial charge in [-0.3, -0.25) is 9.59 Å². The van der Waals surface area contributed by atoms with Crippen LogP contribution in [-0.2, 0) is 9.59 Å². The summed E-state index contributed by atoms with van der Waals surface area (Å²) in [4.78, 5) is 29.4. The molecule has 3 rings (SSSR count). The molecular weight excluding hydrogens is 350 g/mol. The first kappa shape index (κ1) is 20.7. The monoisotopic (exact) mass is 379 g/mol. The van der Waals surface area contributed by atoms with Gasteiger partial charge in [0.15, 0.2) is 0 Å². The molecule has 0 spiro atoms. The third-order valence-corrected chi connectivity index (χ3v) is 5.37. The van der Waals surface area contributed by atoms with Gasteiger partial charge < -0.3 is 15.1 Å². The summed E-state index contributed by atoms with van der Waals surface area (Å²) >= 11 is 0. The molecule has 0 radical (unpaired) electrons. The summed E-state index contributed by atoms with van der Waals surface area (Å²) in [6, 6.07) is 10.2. The summed E-state index contributed by atoms with van der Waals surface area (Å²) in [7, 11) is 0. The summed E-state index contributed by atoms with van der Waals surface area (Å²) in [5.41, 5.74) is 1.09. The molecule has 0 bridgehead atoms. The van der Waals surface area contributed by atoms with Crippen LogP contribution >= 0.6 is 12.4 Å². The molecule has 0 aliphatic carbocycles. The number of likely N-dealkylation sites (tertiary alicyclic amines) is 1. The lowest BCUT2D eigenvalue weighted by atomic mass is 9.86. The largest absolute Gasteiger partial charge is 0.340 e. The van der Waals surface area contributed by atoms with E-state index in [1.54, 1.807) is 0 Å². The number of benzene rings is 1. The fraction of sp³-hybridized carbons (Fsp3) is 0.600. The molecule has 1 N–H and O–H groups in total. The first-order valence-corrected chi connectivity index (χ1v) is 9.42. The number of rotatable bonds is 4. The van der Waals surface area contributed by atoms with Crippen LogP contribution in [0.5, 0.6) is 0 Å². The average Bonchev–Trinajstić information content (AvgIpc) is 2.63. The van der Waals surface area contributed by atoms with E-state index in [1.807, 2.05) is 40.1 Å². The summed E-state index contributed by atoms with van der Waals surface area (Å²) in [5, 5.41) is 3.12. The van der Waals surface area contributed by atoms with Gasteiger partial charge in [0, 0.05) is 32.2 Å². The van der Waals surface area contributed by atoms with Crippen molar-refractivity contribution in [3.63, 3.8) is 0 Å². The van der Waals surface area contributed by atoms with Gasteiger partial charge in [-0.05, 0) is 24.3 Å². The van der Waals surface area contributed by atoms with Crippen LogP contribution < -0.4 is 5.32 Å². The molecule has 0 saturated carbocycles. The van der Waals surface area contributed by atoms with Crippen LogP contribution in [0.1, 0.15) is 38.2 Å². The smallest absolute Gasteiger partial charge is 0.236 e. The minimum Gasteiger partial charge on any atom is -0.340 e. The fourth-order valence-corrected chi connectivity index (χ4v) is 4.09. The van der Waals surface area contributed by atoms with Gasteiger partial charge in [0.1, 0.15) is 0 Å². The number of hydrogen-bond donors (Lipinski definition) is 1. The van der Waals surface area contributed by atoms with Crippen LogP contribution in [0.25, 0.3) is 0 Å². The Kier molecular flexibility index (Phi) is 7.47. The van der Waals surface area contributed by atoms with Gasteiger partial charge >= 0.3 is 0 Å². The summed E-state index contributed by atoms with van der Waals surface area (Å²) in [6.45, 7) is 7.69. The van der Waals surface area contributed by atoms with E-state index in [9.17, 15) is 9.59 Å². The average molecular weight is 380 g/mol. The Labute approximate surface area is 162 Å². The van der Waals surface area contributed by atoms with Crippen molar-refractivity contribution in [2.45, 2.75) is 38.6 Å². The highest BCUT2D eigenvalue weighted by molar-refractivity contribution is 5.85. The molecule has 0 aromatic heterocycles. The molecule has 2 amide bonds.